The number of halogens is 3. The van der Waals surface area contributed by atoms with Crippen molar-refractivity contribution in [2.75, 3.05) is 0 Å². The lowest BCUT2D eigenvalue weighted by atomic mass is 10.2. The van der Waals surface area contributed by atoms with E-state index in [1.807, 2.05) is 12.1 Å². The number of hydrogen-bond donors (Lipinski definition) is 0. The van der Waals surface area contributed by atoms with Gasteiger partial charge in [-0.15, -0.1) is 11.3 Å². The lowest BCUT2D eigenvalue weighted by molar-refractivity contribution is 0.0971. The maximum Gasteiger partial charge on any atom is 0.175 e. The fraction of sp³-hybridized carbons (Fsp3) is 0.214. The molecule has 1 saturated carbocycles. The Bertz CT molecular complexity index is 635. The predicted octanol–water partition coefficient (Wildman–Crippen LogP) is 5.97. The molecule has 0 bridgehead atoms. The first-order chi connectivity index (χ1) is 9.06. The van der Waals surface area contributed by atoms with Gasteiger partial charge >= 0.3 is 0 Å². The first-order valence-corrected chi connectivity index (χ1v) is 7.80. The lowest BCUT2D eigenvalue weighted by Gasteiger charge is -2.05. The van der Waals surface area contributed by atoms with Crippen molar-refractivity contribution < 1.29 is 4.79 Å². The Hall–Kier alpha value is -0.540. The molecule has 1 aliphatic rings. The second-order valence-electron chi connectivity index (χ2n) is 4.55. The van der Waals surface area contributed by atoms with Crippen molar-refractivity contribution in [3.8, 4) is 10.4 Å². The summed E-state index contributed by atoms with van der Waals surface area (Å²) in [6.07, 6.45) is 2.02. The lowest BCUT2D eigenvalue weighted by Crippen LogP contribution is -1.96. The van der Waals surface area contributed by atoms with Crippen LogP contribution >= 0.6 is 46.1 Å². The number of carbonyl (C=O) groups is 1. The van der Waals surface area contributed by atoms with Gasteiger partial charge in [-0.05, 0) is 37.1 Å². The van der Waals surface area contributed by atoms with E-state index in [2.05, 4.69) is 0 Å². The van der Waals surface area contributed by atoms with Crippen LogP contribution in [0.4, 0.5) is 0 Å². The van der Waals surface area contributed by atoms with Crippen LogP contribution in [0.15, 0.2) is 24.3 Å². The summed E-state index contributed by atoms with van der Waals surface area (Å²) in [5, 5.41) is 1.51. The highest BCUT2D eigenvalue weighted by atomic mass is 35.5. The van der Waals surface area contributed by atoms with E-state index in [9.17, 15) is 4.79 Å². The Kier molecular flexibility index (Phi) is 3.61. The first-order valence-electron chi connectivity index (χ1n) is 5.85. The van der Waals surface area contributed by atoms with Gasteiger partial charge in [0.15, 0.2) is 5.78 Å². The maximum absolute atomic E-state index is 12.0. The van der Waals surface area contributed by atoms with Crippen LogP contribution in [0, 0.1) is 5.92 Å². The fourth-order valence-electron chi connectivity index (χ4n) is 1.93. The molecule has 98 valence electrons. The normalized spacial score (nSPS) is 14.7. The van der Waals surface area contributed by atoms with Crippen LogP contribution in [0.1, 0.15) is 22.5 Å². The smallest absolute Gasteiger partial charge is 0.175 e. The second-order valence-corrected chi connectivity index (χ2v) is 6.88. The minimum atomic E-state index is 0.225. The van der Waals surface area contributed by atoms with Gasteiger partial charge in [0.25, 0.3) is 0 Å². The second kappa shape index (κ2) is 5.10. The number of carbonyl (C=O) groups excluding carboxylic acids is 1. The molecule has 1 aromatic heterocycles. The van der Waals surface area contributed by atoms with E-state index in [0.29, 0.717) is 15.1 Å². The van der Waals surface area contributed by atoms with Crippen molar-refractivity contribution in [2.45, 2.75) is 12.8 Å². The number of rotatable bonds is 3. The zero-order valence-electron chi connectivity index (χ0n) is 9.75. The molecule has 0 saturated heterocycles. The average Bonchev–Trinajstić information content (AvgIpc) is 3.07. The van der Waals surface area contributed by atoms with E-state index >= 15 is 0 Å². The fourth-order valence-corrected chi connectivity index (χ4v) is 4.16. The van der Waals surface area contributed by atoms with Gasteiger partial charge in [-0.3, -0.25) is 4.79 Å². The minimum Gasteiger partial charge on any atom is -0.293 e. The van der Waals surface area contributed by atoms with Crippen molar-refractivity contribution in [1.29, 1.82) is 0 Å². The van der Waals surface area contributed by atoms with Gasteiger partial charge in [0.2, 0.25) is 0 Å². The molecular weight excluding hydrogens is 323 g/mol. The quantitative estimate of drug-likeness (QED) is 0.633. The Morgan fingerprint density at radius 1 is 1.11 bits per heavy atom. The summed E-state index contributed by atoms with van der Waals surface area (Å²) in [5.41, 5.74) is 0.743. The van der Waals surface area contributed by atoms with Gasteiger partial charge in [-0.25, -0.2) is 0 Å². The number of Topliss-reactive ketones (excluding diaryl/α,β-unsaturated/α-hetero) is 1. The molecule has 0 unspecified atom stereocenters. The van der Waals surface area contributed by atoms with Crippen molar-refractivity contribution in [3.63, 3.8) is 0 Å². The number of hydrogen-bond acceptors (Lipinski definition) is 2. The van der Waals surface area contributed by atoms with Gasteiger partial charge in [-0.1, -0.05) is 34.8 Å². The molecule has 0 atom stereocenters. The Morgan fingerprint density at radius 3 is 2.32 bits per heavy atom. The Balaban J connectivity index is 2.01. The molecule has 19 heavy (non-hydrogen) atoms. The topological polar surface area (TPSA) is 17.1 Å². The molecule has 1 aliphatic carbocycles. The van der Waals surface area contributed by atoms with Gasteiger partial charge in [-0.2, -0.15) is 0 Å². The van der Waals surface area contributed by atoms with Crippen LogP contribution in [0.5, 0.6) is 0 Å². The average molecular weight is 332 g/mol. The van der Waals surface area contributed by atoms with Gasteiger partial charge in [0.1, 0.15) is 0 Å². The Morgan fingerprint density at radius 2 is 1.74 bits per heavy atom. The van der Waals surface area contributed by atoms with Crippen LogP contribution in [0.2, 0.25) is 15.1 Å². The standard InChI is InChI=1S/C14H9Cl3OS/c15-8-5-9(16)13(10(17)6-8)11-3-4-12(19-11)14(18)7-1-2-7/h3-7H,1-2H2. The summed E-state index contributed by atoms with van der Waals surface area (Å²) in [6.45, 7) is 0. The van der Waals surface area contributed by atoms with Crippen molar-refractivity contribution in [1.82, 2.24) is 0 Å². The third-order valence-electron chi connectivity index (χ3n) is 3.05. The molecule has 1 aromatic carbocycles. The SMILES string of the molecule is O=C(c1ccc(-c2c(Cl)cc(Cl)cc2Cl)s1)C1CC1. The molecule has 1 nitrogen and oxygen atoms in total. The summed E-state index contributed by atoms with van der Waals surface area (Å²) >= 11 is 19.7. The van der Waals surface area contributed by atoms with E-state index in [0.717, 1.165) is 28.2 Å². The van der Waals surface area contributed by atoms with Gasteiger partial charge in [0.05, 0.1) is 14.9 Å². The maximum atomic E-state index is 12.0. The summed E-state index contributed by atoms with van der Waals surface area (Å²) in [7, 11) is 0. The number of thiophene rings is 1. The van der Waals surface area contributed by atoms with Crippen LogP contribution in [-0.2, 0) is 0 Å². The molecule has 1 heterocycles. The predicted molar refractivity (Wildman–Crippen MR) is 81.8 cm³/mol. The molecule has 0 N–H and O–H groups in total. The van der Waals surface area contributed by atoms with Crippen molar-refractivity contribution in [3.05, 3.63) is 44.2 Å². The van der Waals surface area contributed by atoms with Gasteiger partial charge in [0, 0.05) is 21.4 Å². The largest absolute Gasteiger partial charge is 0.293 e. The zero-order chi connectivity index (χ0) is 13.6. The highest BCUT2D eigenvalue weighted by Crippen LogP contribution is 2.42. The summed E-state index contributed by atoms with van der Waals surface area (Å²) in [5.74, 6) is 0.458. The molecular formula is C14H9Cl3OS. The van der Waals surface area contributed by atoms with E-state index in [1.54, 1.807) is 12.1 Å². The van der Waals surface area contributed by atoms with E-state index in [-0.39, 0.29) is 11.7 Å². The summed E-state index contributed by atoms with van der Waals surface area (Å²) < 4.78 is 0. The summed E-state index contributed by atoms with van der Waals surface area (Å²) in [4.78, 5) is 13.7. The number of benzene rings is 1. The van der Waals surface area contributed by atoms with Crippen molar-refractivity contribution in [2.24, 2.45) is 5.92 Å². The molecule has 1 fully saturated rings. The number of ketones is 1. The van der Waals surface area contributed by atoms with E-state index in [4.69, 9.17) is 34.8 Å². The zero-order valence-corrected chi connectivity index (χ0v) is 12.8. The van der Waals surface area contributed by atoms with Crippen LogP contribution in [0.3, 0.4) is 0 Å². The minimum absolute atomic E-state index is 0.225. The van der Waals surface area contributed by atoms with Crippen LogP contribution < -0.4 is 0 Å². The molecule has 2 aromatic rings. The third-order valence-corrected chi connectivity index (χ3v) is 4.98. The first kappa shape index (κ1) is 13.4. The summed E-state index contributed by atoms with van der Waals surface area (Å²) in [6, 6.07) is 7.06. The highest BCUT2D eigenvalue weighted by molar-refractivity contribution is 7.17. The molecule has 0 aliphatic heterocycles. The monoisotopic (exact) mass is 330 g/mol. The molecule has 0 amide bonds. The van der Waals surface area contributed by atoms with E-state index < -0.39 is 0 Å². The molecule has 0 radical (unpaired) electrons. The molecule has 3 rings (SSSR count). The van der Waals surface area contributed by atoms with Gasteiger partial charge < -0.3 is 0 Å². The molecule has 0 spiro atoms. The van der Waals surface area contributed by atoms with E-state index in [1.165, 1.54) is 11.3 Å². The third kappa shape index (κ3) is 2.68. The highest BCUT2D eigenvalue weighted by Gasteiger charge is 2.31. The van der Waals surface area contributed by atoms with Crippen molar-refractivity contribution >= 4 is 51.9 Å². The Labute approximate surface area is 130 Å². The van der Waals surface area contributed by atoms with Crippen LogP contribution in [-0.4, -0.2) is 5.78 Å². The van der Waals surface area contributed by atoms with Crippen LogP contribution in [0.25, 0.3) is 10.4 Å². The molecule has 5 heteroatoms.